The quantitative estimate of drug-likeness (QED) is 0.814. The molecule has 1 saturated heterocycles. The second kappa shape index (κ2) is 7.46. The first-order chi connectivity index (χ1) is 8.79. The van der Waals surface area contributed by atoms with Crippen molar-refractivity contribution in [2.75, 3.05) is 32.8 Å². The van der Waals surface area contributed by atoms with E-state index in [9.17, 15) is 0 Å². The molecule has 2 fully saturated rings. The third kappa shape index (κ3) is 4.22. The summed E-state index contributed by atoms with van der Waals surface area (Å²) in [5.41, 5.74) is 0. The summed E-state index contributed by atoms with van der Waals surface area (Å²) in [5.74, 6) is 0.908. The monoisotopic (exact) mass is 254 g/mol. The lowest BCUT2D eigenvalue weighted by Gasteiger charge is -2.36. The standard InChI is InChI=1S/C15H30N2O/c1-3-14-6-4-5-7-15(14)16-13(2)12-17-8-10-18-11-9-17/h13-16H,3-12H2,1-2H3. The van der Waals surface area contributed by atoms with Crippen molar-refractivity contribution in [2.24, 2.45) is 5.92 Å². The van der Waals surface area contributed by atoms with Gasteiger partial charge in [-0.25, -0.2) is 0 Å². The normalized spacial score (nSPS) is 32.3. The molecular weight excluding hydrogens is 224 g/mol. The molecule has 0 aromatic rings. The summed E-state index contributed by atoms with van der Waals surface area (Å²) in [4.78, 5) is 2.53. The largest absolute Gasteiger partial charge is 0.379 e. The van der Waals surface area contributed by atoms with Gasteiger partial charge in [-0.1, -0.05) is 26.2 Å². The molecule has 3 heteroatoms. The van der Waals surface area contributed by atoms with E-state index in [0.717, 1.165) is 38.3 Å². The number of hydrogen-bond donors (Lipinski definition) is 1. The lowest BCUT2D eigenvalue weighted by Crippen LogP contribution is -2.49. The van der Waals surface area contributed by atoms with Crippen LogP contribution in [0.4, 0.5) is 0 Å². The molecule has 2 aliphatic rings. The number of rotatable bonds is 5. The lowest BCUT2D eigenvalue weighted by atomic mass is 9.82. The van der Waals surface area contributed by atoms with Crippen molar-refractivity contribution in [3.63, 3.8) is 0 Å². The van der Waals surface area contributed by atoms with E-state index in [4.69, 9.17) is 4.74 Å². The van der Waals surface area contributed by atoms with E-state index in [1.807, 2.05) is 0 Å². The van der Waals surface area contributed by atoms with Crippen LogP contribution in [0.1, 0.15) is 46.0 Å². The fraction of sp³-hybridized carbons (Fsp3) is 1.00. The topological polar surface area (TPSA) is 24.5 Å². The van der Waals surface area contributed by atoms with Gasteiger partial charge in [0.15, 0.2) is 0 Å². The number of hydrogen-bond acceptors (Lipinski definition) is 3. The van der Waals surface area contributed by atoms with Crippen molar-refractivity contribution >= 4 is 0 Å². The fourth-order valence-electron chi connectivity index (χ4n) is 3.50. The Labute approximate surface area is 112 Å². The molecule has 106 valence electrons. The molecule has 0 radical (unpaired) electrons. The second-order valence-electron chi connectivity index (χ2n) is 6.04. The molecular formula is C15H30N2O. The molecule has 3 unspecified atom stereocenters. The van der Waals surface area contributed by atoms with E-state index < -0.39 is 0 Å². The van der Waals surface area contributed by atoms with Gasteiger partial charge >= 0.3 is 0 Å². The molecule has 18 heavy (non-hydrogen) atoms. The molecule has 0 aromatic carbocycles. The number of morpholine rings is 1. The van der Waals surface area contributed by atoms with Gasteiger partial charge in [0, 0.05) is 31.7 Å². The first-order valence-electron chi connectivity index (χ1n) is 7.85. The highest BCUT2D eigenvalue weighted by Gasteiger charge is 2.25. The Bertz CT molecular complexity index is 229. The Balaban J connectivity index is 1.73. The second-order valence-corrected chi connectivity index (χ2v) is 6.04. The zero-order valence-corrected chi connectivity index (χ0v) is 12.2. The Morgan fingerprint density at radius 3 is 2.67 bits per heavy atom. The van der Waals surface area contributed by atoms with E-state index in [-0.39, 0.29) is 0 Å². The molecule has 1 heterocycles. The number of nitrogens with zero attached hydrogens (tertiary/aromatic N) is 1. The van der Waals surface area contributed by atoms with E-state index in [1.165, 1.54) is 38.6 Å². The van der Waals surface area contributed by atoms with Gasteiger partial charge in [0.2, 0.25) is 0 Å². The molecule has 1 aliphatic carbocycles. The molecule has 1 aliphatic heterocycles. The number of nitrogens with one attached hydrogen (secondary N) is 1. The van der Waals surface area contributed by atoms with Crippen LogP contribution in [0.15, 0.2) is 0 Å². The van der Waals surface area contributed by atoms with Crippen LogP contribution in [0.5, 0.6) is 0 Å². The van der Waals surface area contributed by atoms with Crippen LogP contribution in [0.3, 0.4) is 0 Å². The average molecular weight is 254 g/mol. The summed E-state index contributed by atoms with van der Waals surface area (Å²) in [5, 5.41) is 3.88. The molecule has 1 saturated carbocycles. The van der Waals surface area contributed by atoms with Gasteiger partial charge in [0.05, 0.1) is 13.2 Å². The van der Waals surface area contributed by atoms with E-state index in [1.54, 1.807) is 0 Å². The maximum Gasteiger partial charge on any atom is 0.0594 e. The van der Waals surface area contributed by atoms with Gasteiger partial charge in [-0.15, -0.1) is 0 Å². The van der Waals surface area contributed by atoms with Crippen LogP contribution in [0.2, 0.25) is 0 Å². The highest BCUT2D eigenvalue weighted by molar-refractivity contribution is 4.83. The van der Waals surface area contributed by atoms with Crippen molar-refractivity contribution in [1.29, 1.82) is 0 Å². The third-order valence-corrected chi connectivity index (χ3v) is 4.57. The predicted octanol–water partition coefficient (Wildman–Crippen LogP) is 2.27. The van der Waals surface area contributed by atoms with Gasteiger partial charge in [0.25, 0.3) is 0 Å². The van der Waals surface area contributed by atoms with Crippen molar-refractivity contribution < 1.29 is 4.74 Å². The minimum atomic E-state index is 0.611. The first-order valence-corrected chi connectivity index (χ1v) is 7.85. The van der Waals surface area contributed by atoms with Crippen LogP contribution < -0.4 is 5.32 Å². The van der Waals surface area contributed by atoms with E-state index >= 15 is 0 Å². The third-order valence-electron chi connectivity index (χ3n) is 4.57. The van der Waals surface area contributed by atoms with Gasteiger partial charge < -0.3 is 10.1 Å². The summed E-state index contributed by atoms with van der Waals surface area (Å²) in [7, 11) is 0. The van der Waals surface area contributed by atoms with Gasteiger partial charge in [0.1, 0.15) is 0 Å². The SMILES string of the molecule is CCC1CCCCC1NC(C)CN1CCOCC1. The summed E-state index contributed by atoms with van der Waals surface area (Å²) in [6.07, 6.45) is 7.00. The van der Waals surface area contributed by atoms with Crippen molar-refractivity contribution in [3.8, 4) is 0 Å². The first kappa shape index (κ1) is 14.3. The highest BCUT2D eigenvalue weighted by atomic mass is 16.5. The smallest absolute Gasteiger partial charge is 0.0594 e. The summed E-state index contributed by atoms with van der Waals surface area (Å²) in [6, 6.07) is 1.38. The summed E-state index contributed by atoms with van der Waals surface area (Å²) >= 11 is 0. The molecule has 0 bridgehead atoms. The molecule has 3 atom stereocenters. The summed E-state index contributed by atoms with van der Waals surface area (Å²) in [6.45, 7) is 9.90. The van der Waals surface area contributed by atoms with Crippen LogP contribution in [-0.2, 0) is 4.74 Å². The van der Waals surface area contributed by atoms with Crippen LogP contribution in [-0.4, -0.2) is 49.8 Å². The lowest BCUT2D eigenvalue weighted by molar-refractivity contribution is 0.0329. The van der Waals surface area contributed by atoms with Crippen LogP contribution >= 0.6 is 0 Å². The fourth-order valence-corrected chi connectivity index (χ4v) is 3.50. The van der Waals surface area contributed by atoms with Crippen LogP contribution in [0, 0.1) is 5.92 Å². The van der Waals surface area contributed by atoms with Gasteiger partial charge in [-0.2, -0.15) is 0 Å². The maximum atomic E-state index is 5.40. The highest BCUT2D eigenvalue weighted by Crippen LogP contribution is 2.27. The Kier molecular flexibility index (Phi) is 5.93. The molecule has 3 nitrogen and oxygen atoms in total. The minimum absolute atomic E-state index is 0.611. The molecule has 0 aromatic heterocycles. The van der Waals surface area contributed by atoms with Crippen molar-refractivity contribution in [1.82, 2.24) is 10.2 Å². The Morgan fingerprint density at radius 1 is 1.22 bits per heavy atom. The maximum absolute atomic E-state index is 5.40. The molecule has 1 N–H and O–H groups in total. The van der Waals surface area contributed by atoms with Crippen molar-refractivity contribution in [3.05, 3.63) is 0 Å². The summed E-state index contributed by atoms with van der Waals surface area (Å²) < 4.78 is 5.40. The minimum Gasteiger partial charge on any atom is -0.379 e. The average Bonchev–Trinajstić information content (AvgIpc) is 2.40. The zero-order chi connectivity index (χ0) is 12.8. The molecule has 0 amide bonds. The number of ether oxygens (including phenoxy) is 1. The molecule has 0 spiro atoms. The molecule has 2 rings (SSSR count). The van der Waals surface area contributed by atoms with E-state index in [0.29, 0.717) is 6.04 Å². The van der Waals surface area contributed by atoms with Crippen molar-refractivity contribution in [2.45, 2.75) is 58.0 Å². The van der Waals surface area contributed by atoms with Gasteiger partial charge in [-0.05, 0) is 25.7 Å². The Morgan fingerprint density at radius 2 is 1.94 bits per heavy atom. The predicted molar refractivity (Wildman–Crippen MR) is 75.9 cm³/mol. The van der Waals surface area contributed by atoms with E-state index in [2.05, 4.69) is 24.1 Å². The van der Waals surface area contributed by atoms with Gasteiger partial charge in [-0.3, -0.25) is 4.90 Å². The Hall–Kier alpha value is -0.120. The zero-order valence-electron chi connectivity index (χ0n) is 12.2. The van der Waals surface area contributed by atoms with Crippen LogP contribution in [0.25, 0.3) is 0 Å².